The van der Waals surface area contributed by atoms with E-state index in [1.165, 1.54) is 0 Å². The molecule has 0 radical (unpaired) electrons. The Morgan fingerprint density at radius 2 is 2.22 bits per heavy atom. The van der Waals surface area contributed by atoms with Gasteiger partial charge in [-0.1, -0.05) is 0 Å². The molecule has 96 valence electrons. The summed E-state index contributed by atoms with van der Waals surface area (Å²) in [6.45, 7) is 4.14. The van der Waals surface area contributed by atoms with E-state index in [1.807, 2.05) is 44.2 Å². The highest BCUT2D eigenvalue weighted by Gasteiger charge is 2.22. The van der Waals surface area contributed by atoms with E-state index >= 15 is 0 Å². The number of ether oxygens (including phenoxy) is 1. The lowest BCUT2D eigenvalue weighted by molar-refractivity contribution is 0.0529. The summed E-state index contributed by atoms with van der Waals surface area (Å²) in [6, 6.07) is 3.89. The molecule has 0 fully saturated rings. The van der Waals surface area contributed by atoms with Gasteiger partial charge in [-0.05, 0) is 31.5 Å². The largest absolute Gasteiger partial charge is 0.462 e. The third-order valence-corrected chi connectivity index (χ3v) is 2.68. The molecular weight excluding hydrogens is 230 g/mol. The van der Waals surface area contributed by atoms with Crippen molar-refractivity contribution in [3.05, 3.63) is 29.5 Å². The van der Waals surface area contributed by atoms with Crippen LogP contribution in [0.3, 0.4) is 0 Å². The second kappa shape index (κ2) is 4.68. The van der Waals surface area contributed by atoms with E-state index in [0.717, 1.165) is 11.1 Å². The number of rotatable bonds is 3. The van der Waals surface area contributed by atoms with Crippen molar-refractivity contribution in [1.29, 1.82) is 0 Å². The SMILES string of the molecule is CCOC(=O)c1c(N(C)C)nn2ccc(C)cc12. The van der Waals surface area contributed by atoms with Gasteiger partial charge in [-0.3, -0.25) is 0 Å². The molecule has 2 aromatic heterocycles. The van der Waals surface area contributed by atoms with Gasteiger partial charge in [0.2, 0.25) is 0 Å². The Bertz CT molecular complexity index is 587. The lowest BCUT2D eigenvalue weighted by Gasteiger charge is -2.10. The van der Waals surface area contributed by atoms with Gasteiger partial charge in [0.25, 0.3) is 0 Å². The number of esters is 1. The van der Waals surface area contributed by atoms with Crippen LogP contribution in [0.1, 0.15) is 22.8 Å². The van der Waals surface area contributed by atoms with Gasteiger partial charge in [-0.25, -0.2) is 9.31 Å². The molecule has 0 spiro atoms. The first kappa shape index (κ1) is 12.4. The fraction of sp³-hybridized carbons (Fsp3) is 0.385. The number of hydrogen-bond acceptors (Lipinski definition) is 4. The maximum Gasteiger partial charge on any atom is 0.344 e. The molecule has 18 heavy (non-hydrogen) atoms. The van der Waals surface area contributed by atoms with Crippen molar-refractivity contribution < 1.29 is 9.53 Å². The van der Waals surface area contributed by atoms with Gasteiger partial charge >= 0.3 is 5.97 Å². The average molecular weight is 247 g/mol. The number of nitrogens with zero attached hydrogens (tertiary/aromatic N) is 3. The fourth-order valence-electron chi connectivity index (χ4n) is 1.85. The van der Waals surface area contributed by atoms with E-state index in [1.54, 1.807) is 11.4 Å². The Hall–Kier alpha value is -2.04. The molecule has 0 aromatic carbocycles. The molecule has 0 amide bonds. The van der Waals surface area contributed by atoms with Crippen LogP contribution in [0, 0.1) is 6.92 Å². The zero-order valence-corrected chi connectivity index (χ0v) is 11.1. The van der Waals surface area contributed by atoms with Crippen LogP contribution < -0.4 is 4.90 Å². The lowest BCUT2D eigenvalue weighted by atomic mass is 10.2. The zero-order valence-electron chi connectivity index (χ0n) is 11.1. The molecule has 0 N–H and O–H groups in total. The minimum Gasteiger partial charge on any atom is -0.462 e. The number of hydrogen-bond donors (Lipinski definition) is 0. The Morgan fingerprint density at radius 1 is 1.50 bits per heavy atom. The summed E-state index contributed by atoms with van der Waals surface area (Å²) in [5.41, 5.74) is 2.38. The van der Waals surface area contributed by atoms with Crippen molar-refractivity contribution in [3.8, 4) is 0 Å². The smallest absolute Gasteiger partial charge is 0.344 e. The number of aromatic nitrogens is 2. The molecule has 0 atom stereocenters. The van der Waals surface area contributed by atoms with Gasteiger partial charge in [0.1, 0.15) is 5.56 Å². The molecule has 0 aliphatic rings. The minimum atomic E-state index is -0.332. The van der Waals surface area contributed by atoms with Gasteiger partial charge < -0.3 is 9.64 Å². The molecule has 2 aromatic rings. The van der Waals surface area contributed by atoms with Crippen molar-refractivity contribution in [2.75, 3.05) is 25.6 Å². The quantitative estimate of drug-likeness (QED) is 0.777. The van der Waals surface area contributed by atoms with E-state index in [-0.39, 0.29) is 5.97 Å². The summed E-state index contributed by atoms with van der Waals surface area (Å²) in [4.78, 5) is 13.9. The topological polar surface area (TPSA) is 46.8 Å². The lowest BCUT2D eigenvalue weighted by Crippen LogP contribution is -2.14. The van der Waals surface area contributed by atoms with Gasteiger partial charge in [-0.15, -0.1) is 5.10 Å². The van der Waals surface area contributed by atoms with Crippen LogP contribution in [-0.2, 0) is 4.74 Å². The highest BCUT2D eigenvalue weighted by Crippen LogP contribution is 2.24. The maximum atomic E-state index is 12.1. The van der Waals surface area contributed by atoms with E-state index in [9.17, 15) is 4.79 Å². The molecular formula is C13H17N3O2. The summed E-state index contributed by atoms with van der Waals surface area (Å²) in [5, 5.41) is 4.40. The molecule has 0 aliphatic heterocycles. The highest BCUT2D eigenvalue weighted by molar-refractivity contribution is 6.02. The molecule has 5 heteroatoms. The van der Waals surface area contributed by atoms with Crippen molar-refractivity contribution >= 4 is 17.3 Å². The van der Waals surface area contributed by atoms with Crippen LogP contribution in [0.4, 0.5) is 5.82 Å². The summed E-state index contributed by atoms with van der Waals surface area (Å²) in [6.07, 6.45) is 1.85. The third-order valence-electron chi connectivity index (χ3n) is 2.68. The fourth-order valence-corrected chi connectivity index (χ4v) is 1.85. The number of anilines is 1. The van der Waals surface area contributed by atoms with E-state index < -0.39 is 0 Å². The third kappa shape index (κ3) is 2.03. The standard InChI is InChI=1S/C13H17N3O2/c1-5-18-13(17)11-10-8-9(2)6-7-16(10)14-12(11)15(3)4/h6-8H,5H2,1-4H3. The number of pyridine rings is 1. The van der Waals surface area contributed by atoms with Crippen LogP contribution in [0.5, 0.6) is 0 Å². The predicted octanol–water partition coefficient (Wildman–Crippen LogP) is 1.89. The van der Waals surface area contributed by atoms with Gasteiger partial charge in [-0.2, -0.15) is 0 Å². The van der Waals surface area contributed by atoms with Gasteiger partial charge in [0.05, 0.1) is 12.1 Å². The second-order valence-electron chi connectivity index (χ2n) is 4.35. The van der Waals surface area contributed by atoms with E-state index in [0.29, 0.717) is 18.0 Å². The summed E-state index contributed by atoms with van der Waals surface area (Å²) >= 11 is 0. The van der Waals surface area contributed by atoms with Gasteiger partial charge in [0, 0.05) is 20.3 Å². The second-order valence-corrected chi connectivity index (χ2v) is 4.35. The first-order valence-corrected chi connectivity index (χ1v) is 5.88. The summed E-state index contributed by atoms with van der Waals surface area (Å²) < 4.78 is 6.81. The molecule has 0 saturated heterocycles. The number of carbonyl (C=O) groups is 1. The van der Waals surface area contributed by atoms with Crippen LogP contribution in [0.25, 0.3) is 5.52 Å². The Balaban J connectivity index is 2.68. The van der Waals surface area contributed by atoms with Crippen LogP contribution in [0.2, 0.25) is 0 Å². The van der Waals surface area contributed by atoms with Crippen molar-refractivity contribution in [3.63, 3.8) is 0 Å². The Morgan fingerprint density at radius 3 is 2.83 bits per heavy atom. The van der Waals surface area contributed by atoms with Crippen LogP contribution in [-0.4, -0.2) is 36.3 Å². The van der Waals surface area contributed by atoms with Crippen molar-refractivity contribution in [1.82, 2.24) is 9.61 Å². The molecule has 0 unspecified atom stereocenters. The van der Waals surface area contributed by atoms with Crippen molar-refractivity contribution in [2.45, 2.75) is 13.8 Å². The maximum absolute atomic E-state index is 12.1. The van der Waals surface area contributed by atoms with E-state index in [2.05, 4.69) is 5.10 Å². The molecule has 2 rings (SSSR count). The molecule has 5 nitrogen and oxygen atoms in total. The molecule has 0 bridgehead atoms. The number of aryl methyl sites for hydroxylation is 1. The average Bonchev–Trinajstić information content (AvgIpc) is 2.67. The van der Waals surface area contributed by atoms with Crippen LogP contribution in [0.15, 0.2) is 18.3 Å². The summed E-state index contributed by atoms with van der Waals surface area (Å²) in [7, 11) is 3.72. The summed E-state index contributed by atoms with van der Waals surface area (Å²) in [5.74, 6) is 0.292. The molecule has 2 heterocycles. The van der Waals surface area contributed by atoms with Crippen LogP contribution >= 0.6 is 0 Å². The number of carbonyl (C=O) groups excluding carboxylic acids is 1. The first-order chi connectivity index (χ1) is 8.54. The first-order valence-electron chi connectivity index (χ1n) is 5.88. The van der Waals surface area contributed by atoms with E-state index in [4.69, 9.17) is 4.74 Å². The number of fused-ring (bicyclic) bond motifs is 1. The minimum absolute atomic E-state index is 0.332. The van der Waals surface area contributed by atoms with Gasteiger partial charge in [0.15, 0.2) is 5.82 Å². The van der Waals surface area contributed by atoms with Crippen molar-refractivity contribution in [2.24, 2.45) is 0 Å². The predicted molar refractivity (Wildman–Crippen MR) is 70.2 cm³/mol. The molecule has 0 aliphatic carbocycles. The normalized spacial score (nSPS) is 10.7. The Labute approximate surface area is 106 Å². The highest BCUT2D eigenvalue weighted by atomic mass is 16.5. The Kier molecular flexibility index (Phi) is 3.23. The monoisotopic (exact) mass is 247 g/mol. The zero-order chi connectivity index (χ0) is 13.3. The molecule has 0 saturated carbocycles.